The van der Waals surface area contributed by atoms with E-state index in [1.165, 1.54) is 0 Å². The molecule has 1 aliphatic heterocycles. The van der Waals surface area contributed by atoms with Gasteiger partial charge >= 0.3 is 0 Å². The molecule has 0 atom stereocenters. The van der Waals surface area contributed by atoms with Crippen LogP contribution < -0.4 is 0 Å². The highest BCUT2D eigenvalue weighted by atomic mass is 16.3. The Bertz CT molecular complexity index is 149. The number of aliphatic hydroxyl groups is 1. The van der Waals surface area contributed by atoms with Gasteiger partial charge in [-0.1, -0.05) is 0 Å². The van der Waals surface area contributed by atoms with Crippen molar-refractivity contribution in [2.45, 2.75) is 6.42 Å². The maximum atomic E-state index is 11.0. The minimum atomic E-state index is 0.169. The van der Waals surface area contributed by atoms with Gasteiger partial charge in [0, 0.05) is 20.2 Å². The van der Waals surface area contributed by atoms with E-state index in [2.05, 4.69) is 0 Å². The van der Waals surface area contributed by atoms with Gasteiger partial charge in [-0.25, -0.2) is 0 Å². The molecule has 64 valence electrons. The van der Waals surface area contributed by atoms with Crippen molar-refractivity contribution in [1.82, 2.24) is 9.80 Å². The third-order valence-corrected chi connectivity index (χ3v) is 1.83. The molecule has 1 aliphatic rings. The van der Waals surface area contributed by atoms with Crippen LogP contribution in [0.5, 0.6) is 0 Å². The van der Waals surface area contributed by atoms with Gasteiger partial charge in [-0.05, 0) is 6.42 Å². The van der Waals surface area contributed by atoms with E-state index in [0.29, 0.717) is 13.2 Å². The first kappa shape index (κ1) is 8.49. The molecule has 1 amide bonds. The van der Waals surface area contributed by atoms with Crippen LogP contribution in [0.15, 0.2) is 0 Å². The largest absolute Gasteiger partial charge is 0.396 e. The quantitative estimate of drug-likeness (QED) is 0.579. The molecule has 1 rings (SSSR count). The molecular formula is C7H14N2O2. The Morgan fingerprint density at radius 3 is 2.82 bits per heavy atom. The first-order valence-electron chi connectivity index (χ1n) is 3.81. The van der Waals surface area contributed by atoms with E-state index >= 15 is 0 Å². The van der Waals surface area contributed by atoms with Crippen molar-refractivity contribution in [3.63, 3.8) is 0 Å². The SMILES string of the molecule is CN1CN(CCCO)CC1=O. The van der Waals surface area contributed by atoms with Crippen molar-refractivity contribution in [2.75, 3.05) is 33.4 Å². The first-order valence-corrected chi connectivity index (χ1v) is 3.81. The van der Waals surface area contributed by atoms with E-state index in [1.807, 2.05) is 4.90 Å². The van der Waals surface area contributed by atoms with Gasteiger partial charge in [0.25, 0.3) is 0 Å². The fraction of sp³-hybridized carbons (Fsp3) is 0.857. The zero-order valence-electron chi connectivity index (χ0n) is 6.79. The molecule has 4 nitrogen and oxygen atoms in total. The van der Waals surface area contributed by atoms with Gasteiger partial charge in [0.1, 0.15) is 0 Å². The number of hydrogen-bond donors (Lipinski definition) is 1. The standard InChI is InChI=1S/C7H14N2O2/c1-8-6-9(3-2-4-10)5-7(8)11/h10H,2-6H2,1H3. The Morgan fingerprint density at radius 1 is 1.64 bits per heavy atom. The lowest BCUT2D eigenvalue weighted by atomic mass is 10.4. The number of amides is 1. The van der Waals surface area contributed by atoms with Crippen molar-refractivity contribution in [3.05, 3.63) is 0 Å². The Morgan fingerprint density at radius 2 is 2.36 bits per heavy atom. The second-order valence-electron chi connectivity index (χ2n) is 2.86. The number of carbonyl (C=O) groups is 1. The third kappa shape index (κ3) is 2.17. The summed E-state index contributed by atoms with van der Waals surface area (Å²) < 4.78 is 0. The summed E-state index contributed by atoms with van der Waals surface area (Å²) in [5.41, 5.74) is 0. The van der Waals surface area contributed by atoms with Crippen LogP contribution in [0.3, 0.4) is 0 Å². The number of rotatable bonds is 3. The van der Waals surface area contributed by atoms with Crippen LogP contribution >= 0.6 is 0 Å². The predicted octanol–water partition coefficient (Wildman–Crippen LogP) is -0.900. The summed E-state index contributed by atoms with van der Waals surface area (Å²) in [6, 6.07) is 0. The summed E-state index contributed by atoms with van der Waals surface area (Å²) >= 11 is 0. The van der Waals surface area contributed by atoms with Crippen molar-refractivity contribution in [1.29, 1.82) is 0 Å². The molecule has 11 heavy (non-hydrogen) atoms. The number of aliphatic hydroxyl groups excluding tert-OH is 1. The van der Waals surface area contributed by atoms with Crippen LogP contribution in [0.4, 0.5) is 0 Å². The van der Waals surface area contributed by atoms with Gasteiger partial charge in [-0.2, -0.15) is 0 Å². The third-order valence-electron chi connectivity index (χ3n) is 1.83. The van der Waals surface area contributed by atoms with Crippen LogP contribution in [-0.2, 0) is 4.79 Å². The molecule has 0 saturated carbocycles. The van der Waals surface area contributed by atoms with Crippen LogP contribution in [0.2, 0.25) is 0 Å². The Labute approximate surface area is 66.4 Å². The van der Waals surface area contributed by atoms with Gasteiger partial charge in [0.05, 0.1) is 13.2 Å². The van der Waals surface area contributed by atoms with Gasteiger partial charge in [0.2, 0.25) is 5.91 Å². The molecule has 1 heterocycles. The molecule has 0 aromatic heterocycles. The topological polar surface area (TPSA) is 43.8 Å². The second kappa shape index (κ2) is 3.69. The fourth-order valence-corrected chi connectivity index (χ4v) is 1.18. The minimum absolute atomic E-state index is 0.169. The maximum absolute atomic E-state index is 11.0. The van der Waals surface area contributed by atoms with E-state index < -0.39 is 0 Å². The van der Waals surface area contributed by atoms with Crippen LogP contribution in [0, 0.1) is 0 Å². The summed E-state index contributed by atoms with van der Waals surface area (Å²) in [5.74, 6) is 0.169. The predicted molar refractivity (Wildman–Crippen MR) is 40.9 cm³/mol. The number of hydrogen-bond acceptors (Lipinski definition) is 3. The lowest BCUT2D eigenvalue weighted by Gasteiger charge is -2.12. The molecule has 4 heteroatoms. The number of carbonyl (C=O) groups excluding carboxylic acids is 1. The normalized spacial score (nSPS) is 19.8. The number of likely N-dealkylation sites (N-methyl/N-ethyl adjacent to an activating group) is 1. The Hall–Kier alpha value is -0.610. The molecule has 0 radical (unpaired) electrons. The summed E-state index contributed by atoms with van der Waals surface area (Å²) in [4.78, 5) is 14.7. The van der Waals surface area contributed by atoms with Crippen molar-refractivity contribution < 1.29 is 9.90 Å². The molecule has 1 fully saturated rings. The van der Waals surface area contributed by atoms with Gasteiger partial charge in [-0.3, -0.25) is 9.69 Å². The van der Waals surface area contributed by atoms with Crippen molar-refractivity contribution in [3.8, 4) is 0 Å². The lowest BCUT2D eigenvalue weighted by Crippen LogP contribution is -2.24. The lowest BCUT2D eigenvalue weighted by molar-refractivity contribution is -0.125. The van der Waals surface area contributed by atoms with Gasteiger partial charge in [-0.15, -0.1) is 0 Å². The zero-order valence-corrected chi connectivity index (χ0v) is 6.79. The summed E-state index contributed by atoms with van der Waals surface area (Å²) in [7, 11) is 1.79. The second-order valence-corrected chi connectivity index (χ2v) is 2.86. The molecule has 0 aromatic carbocycles. The highest BCUT2D eigenvalue weighted by Gasteiger charge is 2.22. The molecule has 1 saturated heterocycles. The molecule has 1 N–H and O–H groups in total. The van der Waals surface area contributed by atoms with Crippen LogP contribution in [0.1, 0.15) is 6.42 Å². The fourth-order valence-electron chi connectivity index (χ4n) is 1.18. The molecule has 0 spiro atoms. The molecule has 0 bridgehead atoms. The summed E-state index contributed by atoms with van der Waals surface area (Å²) in [6.45, 7) is 2.23. The van der Waals surface area contributed by atoms with Crippen LogP contribution in [0.25, 0.3) is 0 Å². The van der Waals surface area contributed by atoms with E-state index in [0.717, 1.165) is 13.0 Å². The van der Waals surface area contributed by atoms with Crippen molar-refractivity contribution in [2.24, 2.45) is 0 Å². The molecule has 0 aromatic rings. The monoisotopic (exact) mass is 158 g/mol. The minimum Gasteiger partial charge on any atom is -0.396 e. The summed E-state index contributed by atoms with van der Waals surface area (Å²) in [6.07, 6.45) is 0.751. The van der Waals surface area contributed by atoms with Gasteiger partial charge < -0.3 is 10.0 Å². The molecule has 0 aliphatic carbocycles. The first-order chi connectivity index (χ1) is 5.24. The van der Waals surface area contributed by atoms with E-state index in [4.69, 9.17) is 5.11 Å². The van der Waals surface area contributed by atoms with E-state index in [9.17, 15) is 4.79 Å². The Balaban J connectivity index is 2.24. The van der Waals surface area contributed by atoms with E-state index in [-0.39, 0.29) is 12.5 Å². The molecule has 0 unspecified atom stereocenters. The van der Waals surface area contributed by atoms with E-state index in [1.54, 1.807) is 11.9 Å². The highest BCUT2D eigenvalue weighted by Crippen LogP contribution is 2.03. The van der Waals surface area contributed by atoms with Crippen molar-refractivity contribution >= 4 is 5.91 Å². The highest BCUT2D eigenvalue weighted by molar-refractivity contribution is 5.79. The summed E-state index contributed by atoms with van der Waals surface area (Å²) in [5, 5.41) is 8.53. The average Bonchev–Trinajstić information content (AvgIpc) is 2.28. The molecular weight excluding hydrogens is 144 g/mol. The number of nitrogens with zero attached hydrogens (tertiary/aromatic N) is 2. The average molecular weight is 158 g/mol. The smallest absolute Gasteiger partial charge is 0.237 e. The Kier molecular flexibility index (Phi) is 2.84. The zero-order chi connectivity index (χ0) is 8.27. The van der Waals surface area contributed by atoms with Gasteiger partial charge in [0.15, 0.2) is 0 Å². The maximum Gasteiger partial charge on any atom is 0.237 e. The van der Waals surface area contributed by atoms with Crippen LogP contribution in [-0.4, -0.2) is 54.2 Å².